The van der Waals surface area contributed by atoms with Gasteiger partial charge in [0, 0.05) is 0 Å². The van der Waals surface area contributed by atoms with Gasteiger partial charge < -0.3 is 15.9 Å². The number of hydrogen-bond acceptors (Lipinski definition) is 3. The van der Waals surface area contributed by atoms with Crippen molar-refractivity contribution >= 4 is 24.3 Å². The van der Waals surface area contributed by atoms with Crippen molar-refractivity contribution in [2.24, 2.45) is 17.1 Å². The lowest BCUT2D eigenvalue weighted by Crippen LogP contribution is -2.31. The fourth-order valence-electron chi connectivity index (χ4n) is 1.47. The number of aliphatic carboxylic acids is 2. The maximum Gasteiger partial charge on any atom is 0.320 e. The van der Waals surface area contributed by atoms with Gasteiger partial charge in [-0.25, -0.2) is 0 Å². The fraction of sp³-hybridized carbons (Fsp3) is 0.750. The van der Waals surface area contributed by atoms with Crippen LogP contribution in [0.3, 0.4) is 0 Å². The minimum Gasteiger partial charge on any atom is -0.481 e. The summed E-state index contributed by atoms with van der Waals surface area (Å²) < 4.78 is 0. The highest BCUT2D eigenvalue weighted by Gasteiger charge is 2.56. The van der Waals surface area contributed by atoms with Crippen molar-refractivity contribution in [2.45, 2.75) is 25.8 Å². The van der Waals surface area contributed by atoms with Crippen molar-refractivity contribution in [3.8, 4) is 0 Å². The standard InChI is InChI=1S/C8H13NO4.ClH/c1-8(7(12)13)3-4(8)2-5(9)6(10)11;/h4-5H,2-3,9H2,1H3,(H,10,11)(H,12,13);1H/t4-,5-,8+;/m0./s1. The zero-order chi connectivity index (χ0) is 10.2. The van der Waals surface area contributed by atoms with Crippen molar-refractivity contribution in [1.82, 2.24) is 0 Å². The highest BCUT2D eigenvalue weighted by atomic mass is 35.5. The molecule has 0 heterocycles. The number of rotatable bonds is 4. The molecule has 0 unspecified atom stereocenters. The second kappa shape index (κ2) is 4.14. The molecule has 1 aliphatic carbocycles. The van der Waals surface area contributed by atoms with Crippen molar-refractivity contribution in [1.29, 1.82) is 0 Å². The third-order valence-corrected chi connectivity index (χ3v) is 2.76. The molecular formula is C8H14ClNO4. The third kappa shape index (κ3) is 2.36. The Bertz CT molecular complexity index is 258. The first-order valence-corrected chi connectivity index (χ1v) is 4.09. The van der Waals surface area contributed by atoms with Gasteiger partial charge in [0.15, 0.2) is 0 Å². The molecule has 0 aliphatic heterocycles. The normalized spacial score (nSPS) is 31.4. The summed E-state index contributed by atoms with van der Waals surface area (Å²) in [7, 11) is 0. The van der Waals surface area contributed by atoms with Gasteiger partial charge in [0.25, 0.3) is 0 Å². The van der Waals surface area contributed by atoms with Crippen LogP contribution in [-0.2, 0) is 9.59 Å². The predicted octanol–water partition coefficient (Wildman–Crippen LogP) is 0.321. The van der Waals surface area contributed by atoms with Crippen LogP contribution in [0, 0.1) is 11.3 Å². The van der Waals surface area contributed by atoms with Crippen LogP contribution in [0.15, 0.2) is 0 Å². The quantitative estimate of drug-likeness (QED) is 0.637. The highest BCUT2D eigenvalue weighted by molar-refractivity contribution is 5.85. The molecule has 5 nitrogen and oxygen atoms in total. The first kappa shape index (κ1) is 13.2. The van der Waals surface area contributed by atoms with E-state index in [1.807, 2.05) is 0 Å². The fourth-order valence-corrected chi connectivity index (χ4v) is 1.47. The zero-order valence-corrected chi connectivity index (χ0v) is 8.58. The van der Waals surface area contributed by atoms with Crippen molar-refractivity contribution in [2.75, 3.05) is 0 Å². The summed E-state index contributed by atoms with van der Waals surface area (Å²) in [5, 5.41) is 17.2. The lowest BCUT2D eigenvalue weighted by Gasteiger charge is -2.07. The molecular weight excluding hydrogens is 210 g/mol. The van der Waals surface area contributed by atoms with Gasteiger partial charge in [0.05, 0.1) is 5.41 Å². The van der Waals surface area contributed by atoms with Crippen molar-refractivity contribution < 1.29 is 19.8 Å². The van der Waals surface area contributed by atoms with Crippen LogP contribution in [0.4, 0.5) is 0 Å². The second-order valence-corrected chi connectivity index (χ2v) is 3.80. The Balaban J connectivity index is 0.00000169. The van der Waals surface area contributed by atoms with Crippen LogP contribution in [0.2, 0.25) is 0 Å². The number of halogens is 1. The van der Waals surface area contributed by atoms with E-state index in [1.54, 1.807) is 6.92 Å². The first-order chi connectivity index (χ1) is 5.88. The number of carbonyl (C=O) groups is 2. The largest absolute Gasteiger partial charge is 0.481 e. The van der Waals surface area contributed by atoms with E-state index in [0.29, 0.717) is 6.42 Å². The van der Waals surface area contributed by atoms with E-state index >= 15 is 0 Å². The molecule has 0 aromatic carbocycles. The van der Waals surface area contributed by atoms with Crippen LogP contribution in [0.5, 0.6) is 0 Å². The Morgan fingerprint density at radius 2 is 2.07 bits per heavy atom. The van der Waals surface area contributed by atoms with Gasteiger partial charge in [-0.3, -0.25) is 9.59 Å². The predicted molar refractivity (Wildman–Crippen MR) is 51.3 cm³/mol. The van der Waals surface area contributed by atoms with Gasteiger partial charge in [-0.15, -0.1) is 12.4 Å². The van der Waals surface area contributed by atoms with E-state index in [1.165, 1.54) is 0 Å². The minimum absolute atomic E-state index is 0. The molecule has 0 spiro atoms. The molecule has 1 rings (SSSR count). The van der Waals surface area contributed by atoms with Crippen LogP contribution < -0.4 is 5.73 Å². The van der Waals surface area contributed by atoms with Gasteiger partial charge in [0.2, 0.25) is 0 Å². The lowest BCUT2D eigenvalue weighted by molar-refractivity contribution is -0.144. The molecule has 4 N–H and O–H groups in total. The smallest absolute Gasteiger partial charge is 0.320 e. The van der Waals surface area contributed by atoms with Gasteiger partial charge in [-0.2, -0.15) is 0 Å². The van der Waals surface area contributed by atoms with Gasteiger partial charge >= 0.3 is 11.9 Å². The summed E-state index contributed by atoms with van der Waals surface area (Å²) in [6, 6.07) is -0.939. The van der Waals surface area contributed by atoms with E-state index < -0.39 is 23.4 Å². The van der Waals surface area contributed by atoms with E-state index in [-0.39, 0.29) is 24.7 Å². The Hall–Kier alpha value is -0.810. The molecule has 0 amide bonds. The molecule has 14 heavy (non-hydrogen) atoms. The van der Waals surface area contributed by atoms with Crippen LogP contribution in [0.1, 0.15) is 19.8 Å². The number of hydrogen-bond donors (Lipinski definition) is 3. The Kier molecular flexibility index (Phi) is 3.91. The molecule has 0 bridgehead atoms. The van der Waals surface area contributed by atoms with E-state index in [2.05, 4.69) is 0 Å². The van der Waals surface area contributed by atoms with Gasteiger partial charge in [0.1, 0.15) is 6.04 Å². The van der Waals surface area contributed by atoms with Crippen molar-refractivity contribution in [3.63, 3.8) is 0 Å². The Morgan fingerprint density at radius 1 is 1.57 bits per heavy atom. The lowest BCUT2D eigenvalue weighted by atomic mass is 10.0. The molecule has 0 saturated heterocycles. The van der Waals surface area contributed by atoms with E-state index in [9.17, 15) is 9.59 Å². The summed E-state index contributed by atoms with van der Waals surface area (Å²) in [5.74, 6) is -2.02. The van der Waals surface area contributed by atoms with Crippen LogP contribution in [0.25, 0.3) is 0 Å². The Morgan fingerprint density at radius 3 is 2.36 bits per heavy atom. The first-order valence-electron chi connectivity index (χ1n) is 4.09. The average molecular weight is 224 g/mol. The molecule has 1 fully saturated rings. The molecule has 1 saturated carbocycles. The van der Waals surface area contributed by atoms with E-state index in [4.69, 9.17) is 15.9 Å². The summed E-state index contributed by atoms with van der Waals surface area (Å²) in [4.78, 5) is 21.0. The number of carboxylic acid groups (broad SMARTS) is 2. The topological polar surface area (TPSA) is 101 Å². The molecule has 6 heteroatoms. The molecule has 82 valence electrons. The summed E-state index contributed by atoms with van der Waals surface area (Å²) in [6.45, 7) is 1.62. The highest BCUT2D eigenvalue weighted by Crippen LogP contribution is 2.54. The summed E-state index contributed by atoms with van der Waals surface area (Å²) in [5.41, 5.74) is 4.54. The maximum absolute atomic E-state index is 10.7. The minimum atomic E-state index is -1.07. The van der Waals surface area contributed by atoms with Crippen molar-refractivity contribution in [3.05, 3.63) is 0 Å². The van der Waals surface area contributed by atoms with Crippen LogP contribution >= 0.6 is 12.4 Å². The molecule has 0 aromatic heterocycles. The van der Waals surface area contributed by atoms with Gasteiger partial charge in [-0.1, -0.05) is 0 Å². The maximum atomic E-state index is 10.7. The van der Waals surface area contributed by atoms with Crippen LogP contribution in [-0.4, -0.2) is 28.2 Å². The molecule has 0 aromatic rings. The number of carboxylic acids is 2. The zero-order valence-electron chi connectivity index (χ0n) is 7.77. The molecule has 0 radical (unpaired) electrons. The SMILES string of the molecule is C[C@@]1(C(=O)O)C[C@@H]1C[C@H](N)C(=O)O.Cl. The molecule has 1 aliphatic rings. The molecule has 3 atom stereocenters. The average Bonchev–Trinajstić information content (AvgIpc) is 2.63. The monoisotopic (exact) mass is 223 g/mol. The third-order valence-electron chi connectivity index (χ3n) is 2.76. The summed E-state index contributed by atoms with van der Waals surface area (Å²) >= 11 is 0. The van der Waals surface area contributed by atoms with E-state index in [0.717, 1.165) is 0 Å². The van der Waals surface area contributed by atoms with Gasteiger partial charge in [-0.05, 0) is 25.7 Å². The summed E-state index contributed by atoms with van der Waals surface area (Å²) in [6.07, 6.45) is 0.779. The second-order valence-electron chi connectivity index (χ2n) is 3.80. The number of nitrogens with two attached hydrogens (primary N) is 1. The Labute approximate surface area is 87.7 Å².